The lowest BCUT2D eigenvalue weighted by Crippen LogP contribution is -2.30. The van der Waals surface area contributed by atoms with Crippen LogP contribution in [0.1, 0.15) is 15.9 Å². The van der Waals surface area contributed by atoms with Crippen LogP contribution < -0.4 is 23.8 Å². The Morgan fingerprint density at radius 1 is 0.943 bits per heavy atom. The number of ether oxygens (including phenoxy) is 3. The highest BCUT2D eigenvalue weighted by Gasteiger charge is 2.22. The zero-order valence-corrected chi connectivity index (χ0v) is 21.2. The van der Waals surface area contributed by atoms with Crippen LogP contribution in [0.5, 0.6) is 17.2 Å². The number of nitrogens with one attached hydrogen (secondary N) is 1. The molecule has 0 saturated carbocycles. The number of sulfonamides is 1. The normalized spacial score (nSPS) is 11.0. The Hall–Kier alpha value is -3.43. The summed E-state index contributed by atoms with van der Waals surface area (Å²) >= 11 is 5.84. The zero-order valence-electron chi connectivity index (χ0n) is 19.7. The number of nitrogens with zero attached hydrogens (tertiary/aromatic N) is 1. The third-order valence-electron chi connectivity index (χ3n) is 5.07. The van der Waals surface area contributed by atoms with Crippen molar-refractivity contribution >= 4 is 33.2 Å². The highest BCUT2D eigenvalue weighted by Crippen LogP contribution is 2.34. The molecule has 0 bridgehead atoms. The van der Waals surface area contributed by atoms with Crippen LogP contribution in [0.3, 0.4) is 0 Å². The van der Waals surface area contributed by atoms with E-state index in [-0.39, 0.29) is 12.5 Å². The molecule has 8 nitrogen and oxygen atoms in total. The molecule has 0 atom stereocenters. The van der Waals surface area contributed by atoms with Gasteiger partial charge in [-0.2, -0.15) is 0 Å². The number of carbonyl (C=O) groups excluding carboxylic acids is 1. The van der Waals surface area contributed by atoms with Gasteiger partial charge in [0.1, 0.15) is 23.9 Å². The molecule has 0 saturated heterocycles. The van der Waals surface area contributed by atoms with Crippen LogP contribution in [0.15, 0.2) is 66.7 Å². The van der Waals surface area contributed by atoms with Crippen LogP contribution in [0.4, 0.5) is 5.69 Å². The second-order valence-electron chi connectivity index (χ2n) is 7.56. The van der Waals surface area contributed by atoms with Crippen molar-refractivity contribution in [2.24, 2.45) is 0 Å². The molecule has 0 heterocycles. The zero-order chi connectivity index (χ0) is 25.4. The number of halogens is 1. The van der Waals surface area contributed by atoms with Crippen molar-refractivity contribution in [3.05, 3.63) is 82.9 Å². The minimum Gasteiger partial charge on any atom is -0.497 e. The molecular weight excluding hydrogens is 492 g/mol. The molecule has 0 aliphatic carbocycles. The maximum atomic E-state index is 12.6. The van der Waals surface area contributed by atoms with E-state index >= 15 is 0 Å². The lowest BCUT2D eigenvalue weighted by Gasteiger charge is -2.24. The van der Waals surface area contributed by atoms with Crippen LogP contribution in [-0.4, -0.2) is 48.0 Å². The van der Waals surface area contributed by atoms with E-state index in [9.17, 15) is 13.2 Å². The fraction of sp³-hybridized carbons (Fsp3) is 0.240. The molecule has 35 heavy (non-hydrogen) atoms. The van der Waals surface area contributed by atoms with E-state index in [1.165, 1.54) is 18.5 Å². The molecule has 0 fully saturated rings. The average molecular weight is 519 g/mol. The van der Waals surface area contributed by atoms with E-state index in [0.29, 0.717) is 52.2 Å². The first kappa shape index (κ1) is 26.2. The Morgan fingerprint density at radius 3 is 2.20 bits per heavy atom. The predicted molar refractivity (Wildman–Crippen MR) is 136 cm³/mol. The van der Waals surface area contributed by atoms with Crippen molar-refractivity contribution in [1.82, 2.24) is 5.32 Å². The van der Waals surface area contributed by atoms with Crippen LogP contribution in [0.2, 0.25) is 5.02 Å². The summed E-state index contributed by atoms with van der Waals surface area (Å²) in [6, 6.07) is 18.6. The van der Waals surface area contributed by atoms with Gasteiger partial charge >= 0.3 is 0 Å². The number of rotatable bonds is 11. The van der Waals surface area contributed by atoms with Crippen LogP contribution in [0.25, 0.3) is 0 Å². The van der Waals surface area contributed by atoms with E-state index in [1.54, 1.807) is 66.7 Å². The minimum absolute atomic E-state index is 0.0678. The summed E-state index contributed by atoms with van der Waals surface area (Å²) < 4.78 is 42.5. The summed E-state index contributed by atoms with van der Waals surface area (Å²) in [6.45, 7) is 0.694. The van der Waals surface area contributed by atoms with Crippen molar-refractivity contribution in [2.75, 3.05) is 37.9 Å². The molecule has 186 valence electrons. The average Bonchev–Trinajstić information content (AvgIpc) is 2.85. The van der Waals surface area contributed by atoms with Gasteiger partial charge in [-0.15, -0.1) is 0 Å². The van der Waals surface area contributed by atoms with Gasteiger partial charge in [0, 0.05) is 16.7 Å². The quantitative estimate of drug-likeness (QED) is 0.383. The number of benzene rings is 3. The third kappa shape index (κ3) is 7.27. The van der Waals surface area contributed by atoms with Gasteiger partial charge in [0.25, 0.3) is 5.91 Å². The van der Waals surface area contributed by atoms with E-state index in [2.05, 4.69) is 5.32 Å². The standard InChI is InChI=1S/C25H27ClN2O6S/c1-32-22-12-13-23(24(16-22)33-2)28(35(3,30)31)17-18-4-6-19(7-5-18)25(29)27-14-15-34-21-10-8-20(26)9-11-21/h4-13,16H,14-15,17H2,1-3H3,(H,27,29). The van der Waals surface area contributed by atoms with Gasteiger partial charge in [0.15, 0.2) is 0 Å². The molecule has 10 heteroatoms. The smallest absolute Gasteiger partial charge is 0.251 e. The van der Waals surface area contributed by atoms with Gasteiger partial charge in [0.2, 0.25) is 10.0 Å². The predicted octanol–water partition coefficient (Wildman–Crippen LogP) is 4.13. The highest BCUT2D eigenvalue weighted by molar-refractivity contribution is 7.92. The number of hydrogen-bond acceptors (Lipinski definition) is 6. The SMILES string of the molecule is COc1ccc(N(Cc2ccc(C(=O)NCCOc3ccc(Cl)cc3)cc2)S(C)(=O)=O)c(OC)c1. The molecular formula is C25H27ClN2O6S. The highest BCUT2D eigenvalue weighted by atomic mass is 35.5. The maximum Gasteiger partial charge on any atom is 0.251 e. The molecule has 0 unspecified atom stereocenters. The van der Waals surface area contributed by atoms with Gasteiger partial charge in [-0.1, -0.05) is 23.7 Å². The van der Waals surface area contributed by atoms with Crippen molar-refractivity contribution in [1.29, 1.82) is 0 Å². The third-order valence-corrected chi connectivity index (χ3v) is 6.45. The Labute approximate surface area is 210 Å². The molecule has 0 spiro atoms. The molecule has 0 aliphatic rings. The Balaban J connectivity index is 1.63. The van der Waals surface area contributed by atoms with Gasteiger partial charge in [0.05, 0.1) is 39.3 Å². The molecule has 0 radical (unpaired) electrons. The topological polar surface area (TPSA) is 94.2 Å². The molecule has 1 N–H and O–H groups in total. The first-order valence-electron chi connectivity index (χ1n) is 10.7. The van der Waals surface area contributed by atoms with E-state index in [1.807, 2.05) is 0 Å². The van der Waals surface area contributed by atoms with Gasteiger partial charge in [-0.05, 0) is 54.1 Å². The first-order chi connectivity index (χ1) is 16.7. The minimum atomic E-state index is -3.62. The molecule has 3 aromatic rings. The molecule has 1 amide bonds. The number of amides is 1. The number of anilines is 1. The fourth-order valence-electron chi connectivity index (χ4n) is 3.27. The van der Waals surface area contributed by atoms with Crippen molar-refractivity contribution < 1.29 is 27.4 Å². The summed E-state index contributed by atoms with van der Waals surface area (Å²) in [5.41, 5.74) is 1.54. The van der Waals surface area contributed by atoms with Gasteiger partial charge < -0.3 is 19.5 Å². The Kier molecular flexibility index (Phi) is 8.84. The monoisotopic (exact) mass is 518 g/mol. The summed E-state index contributed by atoms with van der Waals surface area (Å²) in [4.78, 5) is 12.4. The van der Waals surface area contributed by atoms with Crippen molar-refractivity contribution in [3.63, 3.8) is 0 Å². The fourth-order valence-corrected chi connectivity index (χ4v) is 4.28. The second-order valence-corrected chi connectivity index (χ2v) is 9.91. The van der Waals surface area contributed by atoms with E-state index in [0.717, 1.165) is 6.26 Å². The first-order valence-corrected chi connectivity index (χ1v) is 12.9. The lowest BCUT2D eigenvalue weighted by atomic mass is 10.1. The largest absolute Gasteiger partial charge is 0.497 e. The molecule has 0 aliphatic heterocycles. The Morgan fingerprint density at radius 2 is 1.60 bits per heavy atom. The van der Waals surface area contributed by atoms with Gasteiger partial charge in [-0.25, -0.2) is 8.42 Å². The van der Waals surface area contributed by atoms with Crippen LogP contribution >= 0.6 is 11.6 Å². The molecule has 0 aromatic heterocycles. The summed E-state index contributed by atoms with van der Waals surface area (Å²) in [5.74, 6) is 1.32. The van der Waals surface area contributed by atoms with E-state index < -0.39 is 10.0 Å². The maximum absolute atomic E-state index is 12.6. The van der Waals surface area contributed by atoms with E-state index in [4.69, 9.17) is 25.8 Å². The van der Waals surface area contributed by atoms with Crippen LogP contribution in [0, 0.1) is 0 Å². The van der Waals surface area contributed by atoms with Crippen LogP contribution in [-0.2, 0) is 16.6 Å². The number of carbonyl (C=O) groups is 1. The van der Waals surface area contributed by atoms with Crippen molar-refractivity contribution in [2.45, 2.75) is 6.54 Å². The lowest BCUT2D eigenvalue weighted by molar-refractivity contribution is 0.0947. The summed E-state index contributed by atoms with van der Waals surface area (Å²) in [6.07, 6.45) is 1.13. The van der Waals surface area contributed by atoms with Crippen molar-refractivity contribution in [3.8, 4) is 17.2 Å². The number of methoxy groups -OCH3 is 2. The Bertz CT molecular complexity index is 1250. The molecule has 3 rings (SSSR count). The molecule has 3 aromatic carbocycles. The second kappa shape index (κ2) is 11.8. The summed E-state index contributed by atoms with van der Waals surface area (Å²) in [5, 5.41) is 3.41. The summed E-state index contributed by atoms with van der Waals surface area (Å²) in [7, 11) is -0.637. The van der Waals surface area contributed by atoms with Gasteiger partial charge in [-0.3, -0.25) is 9.10 Å². The number of hydrogen-bond donors (Lipinski definition) is 1.